The van der Waals surface area contributed by atoms with E-state index in [2.05, 4.69) is 13.2 Å². The molecule has 2 atom stereocenters. The molecule has 130 valence electrons. The predicted octanol–water partition coefficient (Wildman–Crippen LogP) is -1.65. The quantitative estimate of drug-likeness (QED) is 0.282. The van der Waals surface area contributed by atoms with Gasteiger partial charge < -0.3 is 35.7 Å². The van der Waals surface area contributed by atoms with E-state index in [0.29, 0.717) is 0 Å². The van der Waals surface area contributed by atoms with Crippen molar-refractivity contribution in [1.82, 2.24) is 0 Å². The van der Waals surface area contributed by atoms with Gasteiger partial charge in [-0.1, -0.05) is 13.2 Å². The second-order valence-electron chi connectivity index (χ2n) is 4.16. The van der Waals surface area contributed by atoms with Gasteiger partial charge in [0.05, 0.1) is 13.2 Å². The Labute approximate surface area is 128 Å². The summed E-state index contributed by atoms with van der Waals surface area (Å²) in [6, 6.07) is 0. The van der Waals surface area contributed by atoms with Crippen LogP contribution in [0.5, 0.6) is 0 Å². The van der Waals surface area contributed by atoms with Gasteiger partial charge in [-0.2, -0.15) is 0 Å². The smallest absolute Gasteiger partial charge is 0.330 e. The number of hydrogen-bond acceptors (Lipinski definition) is 7. The molecule has 0 saturated carbocycles. The lowest BCUT2D eigenvalue weighted by Crippen LogP contribution is -2.41. The molecule has 22 heavy (non-hydrogen) atoms. The number of hydrogen-bond donors (Lipinski definition) is 7. The van der Waals surface area contributed by atoms with Crippen LogP contribution in [0.1, 0.15) is 13.8 Å². The average Bonchev–Trinajstić information content (AvgIpc) is 2.45. The van der Waals surface area contributed by atoms with E-state index in [-0.39, 0.29) is 11.1 Å². The molecule has 7 N–H and O–H groups in total. The van der Waals surface area contributed by atoms with Crippen molar-refractivity contribution in [2.24, 2.45) is 0 Å². The van der Waals surface area contributed by atoms with E-state index in [9.17, 15) is 9.59 Å². The lowest BCUT2D eigenvalue weighted by atomic mass is 10.1. The van der Waals surface area contributed by atoms with Crippen molar-refractivity contribution in [3.63, 3.8) is 0 Å². The number of aliphatic hydroxyl groups is 5. The lowest BCUT2D eigenvalue weighted by Gasteiger charge is -2.19. The van der Waals surface area contributed by atoms with Crippen LogP contribution in [0.15, 0.2) is 24.3 Å². The van der Waals surface area contributed by atoms with Gasteiger partial charge in [-0.05, 0) is 13.8 Å². The van der Waals surface area contributed by atoms with Crippen LogP contribution in [0.4, 0.5) is 0 Å². The summed E-state index contributed by atoms with van der Waals surface area (Å²) in [5.41, 5.74) is 0.352. The number of aliphatic hydroxyl groups excluding tert-OH is 5. The zero-order valence-corrected chi connectivity index (χ0v) is 12.5. The molecule has 0 aliphatic carbocycles. The summed E-state index contributed by atoms with van der Waals surface area (Å²) in [7, 11) is 0. The standard InChI is InChI=1S/C5H12O5.2C4H6O2/c6-1-3(8)5(10)4(9)2-7;2*1-3(2)4(5)6/h3-10H,1-2H2;2*1H2,2H3,(H,5,6). The molecule has 0 bridgehead atoms. The van der Waals surface area contributed by atoms with Crippen LogP contribution in [-0.2, 0) is 9.59 Å². The van der Waals surface area contributed by atoms with Gasteiger partial charge in [0, 0.05) is 11.1 Å². The van der Waals surface area contributed by atoms with E-state index in [4.69, 9.17) is 35.7 Å². The van der Waals surface area contributed by atoms with Crippen LogP contribution in [0.3, 0.4) is 0 Å². The molecule has 0 fully saturated rings. The second kappa shape index (κ2) is 14.2. The Morgan fingerprint density at radius 2 is 1.00 bits per heavy atom. The zero-order valence-electron chi connectivity index (χ0n) is 12.5. The largest absolute Gasteiger partial charge is 0.478 e. The minimum Gasteiger partial charge on any atom is -0.478 e. The van der Waals surface area contributed by atoms with Crippen molar-refractivity contribution >= 4 is 11.9 Å². The van der Waals surface area contributed by atoms with E-state index >= 15 is 0 Å². The number of carbonyl (C=O) groups is 2. The van der Waals surface area contributed by atoms with E-state index < -0.39 is 43.5 Å². The molecule has 0 aromatic rings. The molecule has 0 aliphatic rings. The molecule has 0 aromatic heterocycles. The summed E-state index contributed by atoms with van der Waals surface area (Å²) in [6.45, 7) is 7.92. The SMILES string of the molecule is C=C(C)C(=O)O.C=C(C)C(=O)O.OCC(O)C(O)C(O)CO. The van der Waals surface area contributed by atoms with Crippen LogP contribution in [-0.4, -0.2) is 79.2 Å². The van der Waals surface area contributed by atoms with E-state index in [1.807, 2.05) is 0 Å². The first-order valence-corrected chi connectivity index (χ1v) is 5.95. The van der Waals surface area contributed by atoms with Crippen molar-refractivity contribution in [1.29, 1.82) is 0 Å². The Balaban J connectivity index is -0.000000261. The molecule has 0 aliphatic heterocycles. The van der Waals surface area contributed by atoms with E-state index in [1.54, 1.807) is 0 Å². The molecule has 9 nitrogen and oxygen atoms in total. The summed E-state index contributed by atoms with van der Waals surface area (Å²) in [5, 5.41) is 58.4. The van der Waals surface area contributed by atoms with Gasteiger partial charge in [0.2, 0.25) is 0 Å². The number of aliphatic carboxylic acids is 2. The maximum atomic E-state index is 9.60. The molecule has 0 aromatic carbocycles. The van der Waals surface area contributed by atoms with E-state index in [1.165, 1.54) is 13.8 Å². The van der Waals surface area contributed by atoms with Crippen molar-refractivity contribution < 1.29 is 45.3 Å². The number of rotatable bonds is 6. The van der Waals surface area contributed by atoms with Gasteiger partial charge in [0.1, 0.15) is 18.3 Å². The fourth-order valence-electron chi connectivity index (χ4n) is 0.472. The van der Waals surface area contributed by atoms with Gasteiger partial charge in [0.25, 0.3) is 0 Å². The first-order valence-electron chi connectivity index (χ1n) is 5.95. The molecular weight excluding hydrogens is 300 g/mol. The Kier molecular flexibility index (Phi) is 16.2. The molecule has 0 heterocycles. The van der Waals surface area contributed by atoms with Crippen molar-refractivity contribution in [2.45, 2.75) is 32.2 Å². The van der Waals surface area contributed by atoms with E-state index in [0.717, 1.165) is 0 Å². The van der Waals surface area contributed by atoms with Gasteiger partial charge in [-0.15, -0.1) is 0 Å². The Hall–Kier alpha value is -1.78. The number of carboxylic acids is 2. The van der Waals surface area contributed by atoms with Gasteiger partial charge in [-0.25, -0.2) is 9.59 Å². The minimum absolute atomic E-state index is 0.176. The molecule has 0 saturated heterocycles. The third-order valence-corrected chi connectivity index (χ3v) is 1.89. The maximum Gasteiger partial charge on any atom is 0.330 e. The zero-order chi connectivity index (χ0) is 18.5. The molecule has 9 heteroatoms. The summed E-state index contributed by atoms with van der Waals surface area (Å²) < 4.78 is 0. The highest BCUT2D eigenvalue weighted by atomic mass is 16.4. The Bertz CT molecular complexity index is 307. The predicted molar refractivity (Wildman–Crippen MR) is 77.1 cm³/mol. The average molecular weight is 324 g/mol. The van der Waals surface area contributed by atoms with Crippen molar-refractivity contribution in [3.8, 4) is 0 Å². The van der Waals surface area contributed by atoms with Gasteiger partial charge in [0.15, 0.2) is 0 Å². The third kappa shape index (κ3) is 16.3. The van der Waals surface area contributed by atoms with Crippen LogP contribution in [0.2, 0.25) is 0 Å². The Morgan fingerprint density at radius 1 is 0.818 bits per heavy atom. The van der Waals surface area contributed by atoms with Crippen LogP contribution in [0, 0.1) is 0 Å². The molecular formula is C13H24O9. The minimum atomic E-state index is -1.49. The normalized spacial score (nSPS) is 13.2. The highest BCUT2D eigenvalue weighted by Gasteiger charge is 2.22. The van der Waals surface area contributed by atoms with Gasteiger partial charge in [-0.3, -0.25) is 0 Å². The van der Waals surface area contributed by atoms with Crippen molar-refractivity contribution in [2.75, 3.05) is 13.2 Å². The first-order chi connectivity index (χ1) is 9.91. The molecule has 2 unspecified atom stereocenters. The summed E-state index contributed by atoms with van der Waals surface area (Å²) in [5.74, 6) is -1.87. The Morgan fingerprint density at radius 3 is 1.09 bits per heavy atom. The third-order valence-electron chi connectivity index (χ3n) is 1.89. The summed E-state index contributed by atoms with van der Waals surface area (Å²) in [6.07, 6.45) is -4.29. The second-order valence-corrected chi connectivity index (χ2v) is 4.16. The molecule has 0 spiro atoms. The summed E-state index contributed by atoms with van der Waals surface area (Å²) in [4.78, 5) is 19.2. The molecule has 0 amide bonds. The van der Waals surface area contributed by atoms with Crippen LogP contribution >= 0.6 is 0 Å². The van der Waals surface area contributed by atoms with Gasteiger partial charge >= 0.3 is 11.9 Å². The molecule has 0 rings (SSSR count). The number of carboxylic acid groups (broad SMARTS) is 2. The molecule has 0 radical (unpaired) electrons. The lowest BCUT2D eigenvalue weighted by molar-refractivity contribution is -0.133. The van der Waals surface area contributed by atoms with Crippen LogP contribution < -0.4 is 0 Å². The fraction of sp³-hybridized carbons (Fsp3) is 0.538. The highest BCUT2D eigenvalue weighted by molar-refractivity contribution is 5.85. The summed E-state index contributed by atoms with van der Waals surface area (Å²) >= 11 is 0. The fourth-order valence-corrected chi connectivity index (χ4v) is 0.472. The van der Waals surface area contributed by atoms with Crippen LogP contribution in [0.25, 0.3) is 0 Å². The maximum absolute atomic E-state index is 9.60. The first kappa shape index (κ1) is 25.2. The topological polar surface area (TPSA) is 176 Å². The highest BCUT2D eigenvalue weighted by Crippen LogP contribution is 1.98. The monoisotopic (exact) mass is 324 g/mol. The van der Waals surface area contributed by atoms with Crippen molar-refractivity contribution in [3.05, 3.63) is 24.3 Å².